The highest BCUT2D eigenvalue weighted by Crippen LogP contribution is 2.38. The summed E-state index contributed by atoms with van der Waals surface area (Å²) < 4.78 is 5.39. The van der Waals surface area contributed by atoms with Crippen molar-refractivity contribution in [3.05, 3.63) is 18.2 Å². The van der Waals surface area contributed by atoms with Gasteiger partial charge in [-0.3, -0.25) is 9.59 Å². The molecule has 1 N–H and O–H groups in total. The topological polar surface area (TPSA) is 61.9 Å². The largest absolute Gasteiger partial charge is 0.495 e. The van der Waals surface area contributed by atoms with Crippen LogP contribution in [0.4, 0.5) is 11.4 Å². The maximum atomic E-state index is 12.4. The third kappa shape index (κ3) is 3.63. The van der Waals surface area contributed by atoms with E-state index in [-0.39, 0.29) is 11.8 Å². The zero-order valence-corrected chi connectivity index (χ0v) is 14.3. The molecule has 0 radical (unpaired) electrons. The summed E-state index contributed by atoms with van der Waals surface area (Å²) in [5.74, 6) is 1.28. The van der Waals surface area contributed by atoms with Gasteiger partial charge in [0.25, 0.3) is 0 Å². The van der Waals surface area contributed by atoms with Crippen LogP contribution < -0.4 is 15.0 Å². The third-order valence-electron chi connectivity index (χ3n) is 5.01. The Morgan fingerprint density at radius 1 is 1.29 bits per heavy atom. The summed E-state index contributed by atoms with van der Waals surface area (Å²) >= 11 is 0. The number of nitrogens with zero attached hydrogens (tertiary/aromatic N) is 2. The van der Waals surface area contributed by atoms with Crippen molar-refractivity contribution >= 4 is 23.7 Å². The number of hydrogen-bond acceptors (Lipinski definition) is 4. The third-order valence-corrected chi connectivity index (χ3v) is 5.01. The normalized spacial score (nSPS) is 18.9. The number of anilines is 2. The molecule has 1 saturated carbocycles. The Hall–Kier alpha value is -2.24. The molecule has 0 aromatic heterocycles. The van der Waals surface area contributed by atoms with Crippen molar-refractivity contribution in [3.8, 4) is 5.75 Å². The fourth-order valence-electron chi connectivity index (χ4n) is 3.13. The number of rotatable bonds is 6. The lowest BCUT2D eigenvalue weighted by Crippen LogP contribution is -2.45. The molecule has 6 heteroatoms. The molecular weight excluding hydrogens is 306 g/mol. The van der Waals surface area contributed by atoms with Gasteiger partial charge in [0.15, 0.2) is 0 Å². The molecule has 130 valence electrons. The van der Waals surface area contributed by atoms with Gasteiger partial charge in [-0.15, -0.1) is 0 Å². The van der Waals surface area contributed by atoms with Crippen LogP contribution >= 0.6 is 0 Å². The highest BCUT2D eigenvalue weighted by Gasteiger charge is 2.33. The zero-order valence-electron chi connectivity index (χ0n) is 14.3. The van der Waals surface area contributed by atoms with Crippen molar-refractivity contribution in [2.75, 3.05) is 43.5 Å². The van der Waals surface area contributed by atoms with Crippen LogP contribution in [0, 0.1) is 11.8 Å². The van der Waals surface area contributed by atoms with Gasteiger partial charge >= 0.3 is 0 Å². The minimum absolute atomic E-state index is 0.0366. The molecular formula is C18H25N3O3. The number of nitrogens with one attached hydrogen (secondary N) is 1. The molecule has 1 saturated heterocycles. The summed E-state index contributed by atoms with van der Waals surface area (Å²) in [7, 11) is 1.61. The molecule has 1 unspecified atom stereocenters. The number of benzene rings is 1. The maximum Gasteiger partial charge on any atom is 0.227 e. The van der Waals surface area contributed by atoms with E-state index in [2.05, 4.69) is 10.2 Å². The molecule has 1 heterocycles. The molecule has 3 rings (SSSR count). The Kier molecular flexibility index (Phi) is 4.92. The molecule has 0 bridgehead atoms. The number of methoxy groups -OCH3 is 1. The number of ether oxygens (including phenoxy) is 1. The molecule has 2 fully saturated rings. The average Bonchev–Trinajstić information content (AvgIpc) is 3.46. The Labute approximate surface area is 142 Å². The van der Waals surface area contributed by atoms with Crippen LogP contribution in [0.15, 0.2) is 18.2 Å². The second-order valence-corrected chi connectivity index (χ2v) is 6.63. The van der Waals surface area contributed by atoms with E-state index in [0.717, 1.165) is 51.1 Å². The fourth-order valence-corrected chi connectivity index (χ4v) is 3.13. The van der Waals surface area contributed by atoms with Crippen molar-refractivity contribution < 1.29 is 14.3 Å². The Morgan fingerprint density at radius 3 is 2.58 bits per heavy atom. The molecule has 1 aliphatic carbocycles. The van der Waals surface area contributed by atoms with Crippen molar-refractivity contribution in [3.63, 3.8) is 0 Å². The van der Waals surface area contributed by atoms with E-state index < -0.39 is 0 Å². The van der Waals surface area contributed by atoms with Crippen LogP contribution in [-0.2, 0) is 9.59 Å². The summed E-state index contributed by atoms with van der Waals surface area (Å²) in [6, 6.07) is 5.85. The minimum atomic E-state index is 0.0366. The first-order valence-electron chi connectivity index (χ1n) is 8.55. The quantitative estimate of drug-likeness (QED) is 0.810. The molecule has 0 spiro atoms. The van der Waals surface area contributed by atoms with Crippen LogP contribution in [-0.4, -0.2) is 50.5 Å². The predicted octanol–water partition coefficient (Wildman–Crippen LogP) is 1.96. The van der Waals surface area contributed by atoms with Crippen LogP contribution in [0.25, 0.3) is 0 Å². The van der Waals surface area contributed by atoms with Crippen LogP contribution in [0.3, 0.4) is 0 Å². The summed E-state index contributed by atoms with van der Waals surface area (Å²) in [6.45, 7) is 5.00. The van der Waals surface area contributed by atoms with Crippen LogP contribution in [0.5, 0.6) is 5.75 Å². The summed E-state index contributed by atoms with van der Waals surface area (Å²) in [5, 5.41) is 3.02. The Balaban J connectivity index is 1.72. The lowest BCUT2D eigenvalue weighted by atomic mass is 10.1. The van der Waals surface area contributed by atoms with E-state index >= 15 is 0 Å². The van der Waals surface area contributed by atoms with E-state index in [1.54, 1.807) is 12.0 Å². The van der Waals surface area contributed by atoms with Crippen molar-refractivity contribution in [2.45, 2.75) is 19.8 Å². The van der Waals surface area contributed by atoms with Gasteiger partial charge in [-0.1, -0.05) is 6.92 Å². The van der Waals surface area contributed by atoms with Gasteiger partial charge in [-0.05, 0) is 37.0 Å². The van der Waals surface area contributed by atoms with Gasteiger partial charge in [0.1, 0.15) is 5.75 Å². The second-order valence-electron chi connectivity index (χ2n) is 6.63. The molecule has 2 amide bonds. The fraction of sp³-hybridized carbons (Fsp3) is 0.556. The summed E-state index contributed by atoms with van der Waals surface area (Å²) in [6.07, 6.45) is 3.19. The smallest absolute Gasteiger partial charge is 0.227 e. The number of carbonyl (C=O) groups is 2. The van der Waals surface area contributed by atoms with Crippen LogP contribution in [0.2, 0.25) is 0 Å². The molecule has 1 aliphatic heterocycles. The zero-order chi connectivity index (χ0) is 17.1. The van der Waals surface area contributed by atoms with E-state index in [9.17, 15) is 9.59 Å². The average molecular weight is 331 g/mol. The van der Waals surface area contributed by atoms with Gasteiger partial charge in [0.2, 0.25) is 12.3 Å². The lowest BCUT2D eigenvalue weighted by molar-refractivity contribution is -0.120. The first kappa shape index (κ1) is 16.6. The van der Waals surface area contributed by atoms with E-state index in [4.69, 9.17) is 4.74 Å². The molecule has 6 nitrogen and oxygen atoms in total. The second kappa shape index (κ2) is 7.11. The van der Waals surface area contributed by atoms with E-state index in [1.165, 1.54) is 0 Å². The monoisotopic (exact) mass is 331 g/mol. The number of hydrogen-bond donors (Lipinski definition) is 1. The lowest BCUT2D eigenvalue weighted by Gasteiger charge is -2.34. The molecule has 2 aliphatic rings. The Morgan fingerprint density at radius 2 is 2.00 bits per heavy atom. The predicted molar refractivity (Wildman–Crippen MR) is 93.4 cm³/mol. The van der Waals surface area contributed by atoms with Crippen molar-refractivity contribution in [1.82, 2.24) is 4.90 Å². The van der Waals surface area contributed by atoms with Crippen molar-refractivity contribution in [1.29, 1.82) is 0 Å². The highest BCUT2D eigenvalue weighted by molar-refractivity contribution is 5.94. The number of carbonyl (C=O) groups excluding carboxylic acids is 2. The minimum Gasteiger partial charge on any atom is -0.495 e. The summed E-state index contributed by atoms with van der Waals surface area (Å²) in [4.78, 5) is 27.2. The molecule has 1 aromatic carbocycles. The van der Waals surface area contributed by atoms with Gasteiger partial charge in [-0.25, -0.2) is 0 Å². The van der Waals surface area contributed by atoms with Gasteiger partial charge in [-0.2, -0.15) is 0 Å². The van der Waals surface area contributed by atoms with Gasteiger partial charge < -0.3 is 19.9 Å². The Bertz CT molecular complexity index is 608. The van der Waals surface area contributed by atoms with E-state index in [1.807, 2.05) is 25.1 Å². The first-order valence-corrected chi connectivity index (χ1v) is 8.55. The number of piperazine rings is 1. The van der Waals surface area contributed by atoms with E-state index in [0.29, 0.717) is 17.4 Å². The number of amides is 2. The summed E-state index contributed by atoms with van der Waals surface area (Å²) in [5.41, 5.74) is 1.75. The molecule has 1 aromatic rings. The highest BCUT2D eigenvalue weighted by atomic mass is 16.5. The maximum absolute atomic E-state index is 12.4. The SMILES string of the molecule is COc1ccc(N2CCN(C=O)CC2)cc1NC(=O)C(C)C1CC1. The molecule has 24 heavy (non-hydrogen) atoms. The molecule has 1 atom stereocenters. The standard InChI is InChI=1S/C18H25N3O3/c1-13(14-3-4-14)18(23)19-16-11-15(5-6-17(16)24-2)21-9-7-20(12-22)8-10-21/h5-6,11-14H,3-4,7-10H2,1-2H3,(H,19,23). The van der Waals surface area contributed by atoms with Gasteiger partial charge in [0, 0.05) is 37.8 Å². The van der Waals surface area contributed by atoms with Gasteiger partial charge in [0.05, 0.1) is 12.8 Å². The van der Waals surface area contributed by atoms with Crippen LogP contribution in [0.1, 0.15) is 19.8 Å². The first-order chi connectivity index (χ1) is 11.6. The van der Waals surface area contributed by atoms with Crippen molar-refractivity contribution in [2.24, 2.45) is 11.8 Å².